The van der Waals surface area contributed by atoms with Crippen LogP contribution in [0.1, 0.15) is 12.8 Å². The second-order valence-electron chi connectivity index (χ2n) is 4.78. The van der Waals surface area contributed by atoms with Gasteiger partial charge in [-0.15, -0.1) is 0 Å². The smallest absolute Gasteiger partial charge is 0.264 e. The molecule has 0 bridgehead atoms. The third-order valence-electron chi connectivity index (χ3n) is 3.38. The Hall–Kier alpha value is -2.01. The molecule has 2 heterocycles. The number of hydrogen-bond donors (Lipinski definition) is 3. The van der Waals surface area contributed by atoms with Crippen LogP contribution in [-0.2, 0) is 4.74 Å². The molecule has 19 heavy (non-hydrogen) atoms. The van der Waals surface area contributed by atoms with Gasteiger partial charge in [0, 0.05) is 31.0 Å². The van der Waals surface area contributed by atoms with E-state index in [4.69, 9.17) is 4.74 Å². The number of aromatic amines is 2. The molecule has 5 heteroatoms. The number of hydrogen-bond acceptors (Lipinski definition) is 3. The van der Waals surface area contributed by atoms with Crippen molar-refractivity contribution in [2.75, 3.05) is 18.5 Å². The van der Waals surface area contributed by atoms with Gasteiger partial charge in [-0.3, -0.25) is 15.0 Å². The van der Waals surface area contributed by atoms with Crippen molar-refractivity contribution in [3.63, 3.8) is 0 Å². The van der Waals surface area contributed by atoms with Crippen molar-refractivity contribution in [3.05, 3.63) is 40.7 Å². The maximum atomic E-state index is 11.1. The van der Waals surface area contributed by atoms with E-state index in [0.29, 0.717) is 6.04 Å². The average Bonchev–Trinajstić information content (AvgIpc) is 2.87. The summed E-state index contributed by atoms with van der Waals surface area (Å²) < 4.78 is 5.34. The summed E-state index contributed by atoms with van der Waals surface area (Å²) >= 11 is 0. The zero-order valence-corrected chi connectivity index (χ0v) is 10.6. The van der Waals surface area contributed by atoms with Gasteiger partial charge in [-0.1, -0.05) is 12.1 Å². The van der Waals surface area contributed by atoms with Gasteiger partial charge in [0.1, 0.15) is 0 Å². The summed E-state index contributed by atoms with van der Waals surface area (Å²) in [7, 11) is 0. The Morgan fingerprint density at radius 2 is 1.84 bits per heavy atom. The van der Waals surface area contributed by atoms with Crippen LogP contribution in [0.5, 0.6) is 0 Å². The molecule has 5 nitrogen and oxygen atoms in total. The summed E-state index contributed by atoms with van der Waals surface area (Å²) in [6.45, 7) is 1.67. The SMILES string of the molecule is O=c1cc(-c2ccc(NC3CCOCC3)cc2)[nH][nH]1. The van der Waals surface area contributed by atoms with Crippen LogP contribution in [-0.4, -0.2) is 29.5 Å². The van der Waals surface area contributed by atoms with E-state index in [0.717, 1.165) is 43.0 Å². The minimum absolute atomic E-state index is 0.112. The topological polar surface area (TPSA) is 69.9 Å². The Morgan fingerprint density at radius 1 is 1.11 bits per heavy atom. The lowest BCUT2D eigenvalue weighted by Crippen LogP contribution is -2.27. The molecule has 100 valence electrons. The van der Waals surface area contributed by atoms with Crippen LogP contribution in [0, 0.1) is 0 Å². The molecule has 0 aliphatic carbocycles. The molecule has 0 amide bonds. The number of nitrogens with one attached hydrogen (secondary N) is 3. The molecule has 1 aliphatic heterocycles. The van der Waals surface area contributed by atoms with Gasteiger partial charge in [0.25, 0.3) is 5.56 Å². The van der Waals surface area contributed by atoms with Gasteiger partial charge in [-0.25, -0.2) is 0 Å². The van der Waals surface area contributed by atoms with Crippen molar-refractivity contribution >= 4 is 5.69 Å². The minimum atomic E-state index is -0.112. The van der Waals surface area contributed by atoms with Gasteiger partial charge in [-0.05, 0) is 30.5 Å². The lowest BCUT2D eigenvalue weighted by Gasteiger charge is -2.24. The average molecular weight is 259 g/mol. The lowest BCUT2D eigenvalue weighted by molar-refractivity contribution is 0.0904. The first-order chi connectivity index (χ1) is 9.31. The Balaban J connectivity index is 1.70. The molecule has 0 spiro atoms. The van der Waals surface area contributed by atoms with Crippen molar-refractivity contribution in [3.8, 4) is 11.3 Å². The van der Waals surface area contributed by atoms with Crippen LogP contribution >= 0.6 is 0 Å². The molecule has 1 aliphatic rings. The number of anilines is 1. The zero-order valence-electron chi connectivity index (χ0n) is 10.6. The number of ether oxygens (including phenoxy) is 1. The van der Waals surface area contributed by atoms with E-state index in [1.807, 2.05) is 24.3 Å². The van der Waals surface area contributed by atoms with Gasteiger partial charge < -0.3 is 10.1 Å². The van der Waals surface area contributed by atoms with Crippen molar-refractivity contribution in [1.29, 1.82) is 0 Å². The first kappa shape index (κ1) is 12.0. The Labute approximate surface area is 111 Å². The quantitative estimate of drug-likeness (QED) is 0.789. The molecule has 0 saturated carbocycles. The van der Waals surface area contributed by atoms with Crippen LogP contribution in [0.4, 0.5) is 5.69 Å². The monoisotopic (exact) mass is 259 g/mol. The predicted octanol–water partition coefficient (Wildman–Crippen LogP) is 1.96. The van der Waals surface area contributed by atoms with E-state index < -0.39 is 0 Å². The Morgan fingerprint density at radius 3 is 2.47 bits per heavy atom. The Bertz CT molecular complexity index is 579. The van der Waals surface area contributed by atoms with E-state index in [1.54, 1.807) is 6.07 Å². The molecule has 3 rings (SSSR count). The highest BCUT2D eigenvalue weighted by molar-refractivity contribution is 5.62. The summed E-state index contributed by atoms with van der Waals surface area (Å²) in [4.78, 5) is 11.1. The van der Waals surface area contributed by atoms with Gasteiger partial charge in [0.15, 0.2) is 0 Å². The first-order valence-electron chi connectivity index (χ1n) is 6.54. The number of H-pyrrole nitrogens is 2. The molecule has 0 radical (unpaired) electrons. The summed E-state index contributed by atoms with van der Waals surface area (Å²) in [6.07, 6.45) is 2.10. The fraction of sp³-hybridized carbons (Fsp3) is 0.357. The molecule has 2 aromatic rings. The third kappa shape index (κ3) is 2.88. The molecule has 3 N–H and O–H groups in total. The maximum Gasteiger partial charge on any atom is 0.264 e. The van der Waals surface area contributed by atoms with Gasteiger partial charge in [0.05, 0.1) is 5.69 Å². The number of rotatable bonds is 3. The van der Waals surface area contributed by atoms with E-state index in [1.165, 1.54) is 0 Å². The fourth-order valence-electron chi connectivity index (χ4n) is 2.31. The minimum Gasteiger partial charge on any atom is -0.382 e. The molecule has 1 saturated heterocycles. The van der Waals surface area contributed by atoms with Crippen molar-refractivity contribution in [2.45, 2.75) is 18.9 Å². The normalized spacial score (nSPS) is 16.4. The van der Waals surface area contributed by atoms with Crippen LogP contribution in [0.3, 0.4) is 0 Å². The highest BCUT2D eigenvalue weighted by Crippen LogP contribution is 2.20. The van der Waals surface area contributed by atoms with Crippen LogP contribution in [0.25, 0.3) is 11.3 Å². The van der Waals surface area contributed by atoms with E-state index >= 15 is 0 Å². The maximum absolute atomic E-state index is 11.1. The molecular weight excluding hydrogens is 242 g/mol. The van der Waals surface area contributed by atoms with Gasteiger partial charge in [-0.2, -0.15) is 0 Å². The number of benzene rings is 1. The Kier molecular flexibility index (Phi) is 3.37. The summed E-state index contributed by atoms with van der Waals surface area (Å²) in [5.41, 5.74) is 2.80. The largest absolute Gasteiger partial charge is 0.382 e. The lowest BCUT2D eigenvalue weighted by atomic mass is 10.1. The van der Waals surface area contributed by atoms with E-state index in [2.05, 4.69) is 15.5 Å². The molecule has 1 aromatic heterocycles. The second-order valence-corrected chi connectivity index (χ2v) is 4.78. The molecule has 0 atom stereocenters. The third-order valence-corrected chi connectivity index (χ3v) is 3.38. The molecule has 1 aromatic carbocycles. The summed E-state index contributed by atoms with van der Waals surface area (Å²) in [5.74, 6) is 0. The van der Waals surface area contributed by atoms with Crippen molar-refractivity contribution in [2.24, 2.45) is 0 Å². The van der Waals surface area contributed by atoms with Crippen LogP contribution in [0.15, 0.2) is 35.1 Å². The molecular formula is C14H17N3O2. The van der Waals surface area contributed by atoms with Gasteiger partial charge >= 0.3 is 0 Å². The highest BCUT2D eigenvalue weighted by Gasteiger charge is 2.13. The number of aromatic nitrogens is 2. The summed E-state index contributed by atoms with van der Waals surface area (Å²) in [5, 5.41) is 8.89. The molecule has 0 unspecified atom stereocenters. The summed E-state index contributed by atoms with van der Waals surface area (Å²) in [6, 6.07) is 10.1. The van der Waals surface area contributed by atoms with Gasteiger partial charge in [0.2, 0.25) is 0 Å². The molecule has 1 fully saturated rings. The van der Waals surface area contributed by atoms with E-state index in [9.17, 15) is 4.79 Å². The van der Waals surface area contributed by atoms with Crippen LogP contribution in [0.2, 0.25) is 0 Å². The van der Waals surface area contributed by atoms with Crippen molar-refractivity contribution in [1.82, 2.24) is 10.2 Å². The standard InChI is InChI=1S/C14H17N3O2/c18-14-9-13(16-17-14)10-1-3-11(4-2-10)15-12-5-7-19-8-6-12/h1-4,9,12,15H,5-8H2,(H2,16,17,18). The fourth-order valence-corrected chi connectivity index (χ4v) is 2.31. The van der Waals surface area contributed by atoms with Crippen molar-refractivity contribution < 1.29 is 4.74 Å². The van der Waals surface area contributed by atoms with Crippen LogP contribution < -0.4 is 10.9 Å². The second kappa shape index (κ2) is 5.32. The predicted molar refractivity (Wildman–Crippen MR) is 74.3 cm³/mol. The highest BCUT2D eigenvalue weighted by atomic mass is 16.5. The zero-order chi connectivity index (χ0) is 13.1. The van der Waals surface area contributed by atoms with E-state index in [-0.39, 0.29) is 5.56 Å². The first-order valence-corrected chi connectivity index (χ1v) is 6.54.